The highest BCUT2D eigenvalue weighted by atomic mass is 32.2. The number of likely N-dealkylation sites (N-methyl/N-ethyl adjacent to an activating group) is 1. The molecule has 0 aromatic carbocycles. The van der Waals surface area contributed by atoms with Crippen molar-refractivity contribution < 1.29 is 19.1 Å². The molecule has 108 valence electrons. The number of carbonyl (C=O) groups is 3. The zero-order valence-electron chi connectivity index (χ0n) is 11.4. The summed E-state index contributed by atoms with van der Waals surface area (Å²) in [7, 11) is 0. The summed E-state index contributed by atoms with van der Waals surface area (Å²) in [6.07, 6.45) is 0.250. The van der Waals surface area contributed by atoms with Gasteiger partial charge in [-0.2, -0.15) is 0 Å². The highest BCUT2D eigenvalue weighted by molar-refractivity contribution is 8.13. The predicted octanol–water partition coefficient (Wildman–Crippen LogP) is 0.957. The molecule has 0 N–H and O–H groups in total. The summed E-state index contributed by atoms with van der Waals surface area (Å²) < 4.78 is 4.82. The second-order valence-electron chi connectivity index (χ2n) is 4.06. The van der Waals surface area contributed by atoms with E-state index < -0.39 is 5.97 Å². The van der Waals surface area contributed by atoms with Crippen LogP contribution in [0.4, 0.5) is 4.79 Å². The molecule has 0 radical (unpaired) electrons. The van der Waals surface area contributed by atoms with E-state index in [1.54, 1.807) is 11.8 Å². The van der Waals surface area contributed by atoms with Crippen LogP contribution in [-0.4, -0.2) is 65.5 Å². The summed E-state index contributed by atoms with van der Waals surface area (Å²) in [5, 5.41) is 0.0289. The van der Waals surface area contributed by atoms with Crippen molar-refractivity contribution in [1.29, 1.82) is 0 Å². The second-order valence-corrected chi connectivity index (χ2v) is 5.11. The number of rotatable bonds is 7. The minimum atomic E-state index is -0.398. The summed E-state index contributed by atoms with van der Waals surface area (Å²) >= 11 is 1.28. The first-order valence-electron chi connectivity index (χ1n) is 6.43. The molecule has 0 bridgehead atoms. The molecule has 0 aliphatic carbocycles. The highest BCUT2D eigenvalue weighted by Gasteiger charge is 2.23. The Bertz CT molecular complexity index is 349. The maximum absolute atomic E-state index is 12.0. The maximum Gasteiger partial charge on any atom is 0.325 e. The molecule has 1 saturated heterocycles. The van der Waals surface area contributed by atoms with Gasteiger partial charge in [0.15, 0.2) is 0 Å². The number of carbonyl (C=O) groups excluding carboxylic acids is 3. The fraction of sp³-hybridized carbons (Fsp3) is 0.750. The van der Waals surface area contributed by atoms with E-state index in [0.717, 1.165) is 5.75 Å². The lowest BCUT2D eigenvalue weighted by atomic mass is 10.3. The van der Waals surface area contributed by atoms with Crippen LogP contribution in [0.25, 0.3) is 0 Å². The first-order valence-corrected chi connectivity index (χ1v) is 7.42. The van der Waals surface area contributed by atoms with Gasteiger partial charge in [-0.25, -0.2) is 0 Å². The Morgan fingerprint density at radius 2 is 2.16 bits per heavy atom. The van der Waals surface area contributed by atoms with Crippen molar-refractivity contribution >= 4 is 28.9 Å². The van der Waals surface area contributed by atoms with Crippen molar-refractivity contribution in [2.75, 3.05) is 38.5 Å². The first-order chi connectivity index (χ1) is 9.08. The van der Waals surface area contributed by atoms with E-state index in [4.69, 9.17) is 4.74 Å². The highest BCUT2D eigenvalue weighted by Crippen LogP contribution is 2.17. The minimum absolute atomic E-state index is 0.0220. The van der Waals surface area contributed by atoms with Gasteiger partial charge in [0.1, 0.15) is 6.54 Å². The number of hydrogen-bond acceptors (Lipinski definition) is 5. The van der Waals surface area contributed by atoms with E-state index >= 15 is 0 Å². The fourth-order valence-corrected chi connectivity index (χ4v) is 2.61. The molecule has 1 rings (SSSR count). The lowest BCUT2D eigenvalue weighted by Crippen LogP contribution is -2.38. The number of nitrogens with zero attached hydrogens (tertiary/aromatic N) is 2. The Balaban J connectivity index is 2.36. The molecule has 0 saturated carbocycles. The fourth-order valence-electron chi connectivity index (χ4n) is 1.76. The summed E-state index contributed by atoms with van der Waals surface area (Å²) in [5.41, 5.74) is 0. The maximum atomic E-state index is 12.0. The third-order valence-electron chi connectivity index (χ3n) is 2.80. The predicted molar refractivity (Wildman–Crippen MR) is 72.9 cm³/mol. The topological polar surface area (TPSA) is 66.9 Å². The second kappa shape index (κ2) is 8.04. The largest absolute Gasteiger partial charge is 0.465 e. The van der Waals surface area contributed by atoms with Crippen molar-refractivity contribution in [3.8, 4) is 0 Å². The van der Waals surface area contributed by atoms with Crippen molar-refractivity contribution in [2.45, 2.75) is 20.3 Å². The van der Waals surface area contributed by atoms with Gasteiger partial charge in [-0.05, 0) is 13.8 Å². The van der Waals surface area contributed by atoms with Crippen molar-refractivity contribution in [2.24, 2.45) is 0 Å². The Morgan fingerprint density at radius 1 is 1.42 bits per heavy atom. The van der Waals surface area contributed by atoms with E-state index in [2.05, 4.69) is 0 Å². The molecule has 0 unspecified atom stereocenters. The quantitative estimate of drug-likeness (QED) is 0.653. The van der Waals surface area contributed by atoms with Crippen molar-refractivity contribution in [3.05, 3.63) is 0 Å². The molecule has 0 aromatic rings. The van der Waals surface area contributed by atoms with E-state index in [9.17, 15) is 14.4 Å². The van der Waals surface area contributed by atoms with E-state index in [-0.39, 0.29) is 24.1 Å². The van der Waals surface area contributed by atoms with Gasteiger partial charge in [0, 0.05) is 31.8 Å². The van der Waals surface area contributed by atoms with E-state index in [1.165, 1.54) is 16.7 Å². The number of hydrogen-bond donors (Lipinski definition) is 0. The van der Waals surface area contributed by atoms with Gasteiger partial charge in [-0.1, -0.05) is 11.8 Å². The molecule has 0 aromatic heterocycles. The Hall–Kier alpha value is -1.24. The van der Waals surface area contributed by atoms with Gasteiger partial charge in [0.25, 0.3) is 5.24 Å². The third kappa shape index (κ3) is 5.10. The number of amides is 2. The summed E-state index contributed by atoms with van der Waals surface area (Å²) in [4.78, 5) is 37.8. The summed E-state index contributed by atoms with van der Waals surface area (Å²) in [5.74, 6) is 0.263. The Kier molecular flexibility index (Phi) is 6.69. The van der Waals surface area contributed by atoms with Crippen molar-refractivity contribution in [3.63, 3.8) is 0 Å². The smallest absolute Gasteiger partial charge is 0.325 e. The average Bonchev–Trinajstić information content (AvgIpc) is 2.79. The van der Waals surface area contributed by atoms with Gasteiger partial charge in [0.05, 0.1) is 6.61 Å². The van der Waals surface area contributed by atoms with Crippen LogP contribution in [-0.2, 0) is 14.3 Å². The molecule has 0 atom stereocenters. The lowest BCUT2D eigenvalue weighted by molar-refractivity contribution is -0.148. The molecule has 7 heteroatoms. The lowest BCUT2D eigenvalue weighted by Gasteiger charge is -2.21. The SMILES string of the molecule is CCOC(=O)CN(CC)C(=O)CCN1CCSC1=O. The molecule has 1 fully saturated rings. The van der Waals surface area contributed by atoms with Gasteiger partial charge >= 0.3 is 5.97 Å². The van der Waals surface area contributed by atoms with Crippen LogP contribution in [0.2, 0.25) is 0 Å². The van der Waals surface area contributed by atoms with Crippen LogP contribution in [0.5, 0.6) is 0 Å². The monoisotopic (exact) mass is 288 g/mol. The molecule has 1 aliphatic rings. The molecular weight excluding hydrogens is 268 g/mol. The molecular formula is C12H20N2O4S. The number of thioether (sulfide) groups is 1. The van der Waals surface area contributed by atoms with Gasteiger partial charge < -0.3 is 14.5 Å². The molecule has 1 heterocycles. The molecule has 6 nitrogen and oxygen atoms in total. The van der Waals surface area contributed by atoms with Gasteiger partial charge in [-0.15, -0.1) is 0 Å². The van der Waals surface area contributed by atoms with Crippen LogP contribution >= 0.6 is 11.8 Å². The van der Waals surface area contributed by atoms with Crippen LogP contribution in [0.1, 0.15) is 20.3 Å². The van der Waals surface area contributed by atoms with Crippen molar-refractivity contribution in [1.82, 2.24) is 9.80 Å². The first kappa shape index (κ1) is 15.8. The number of ether oxygens (including phenoxy) is 1. The Labute approximate surface area is 117 Å². The summed E-state index contributed by atoms with van der Waals surface area (Å²) in [6, 6.07) is 0. The third-order valence-corrected chi connectivity index (χ3v) is 3.69. The van der Waals surface area contributed by atoms with Crippen LogP contribution in [0.15, 0.2) is 0 Å². The van der Waals surface area contributed by atoms with Crippen LogP contribution < -0.4 is 0 Å². The zero-order valence-corrected chi connectivity index (χ0v) is 12.2. The normalized spacial score (nSPS) is 14.6. The van der Waals surface area contributed by atoms with E-state index in [0.29, 0.717) is 26.2 Å². The molecule has 0 spiro atoms. The standard InChI is InChI=1S/C12H20N2O4S/c1-3-13(9-11(16)18-4-2)10(15)5-6-14-7-8-19-12(14)17/h3-9H2,1-2H3. The minimum Gasteiger partial charge on any atom is -0.465 e. The zero-order chi connectivity index (χ0) is 14.3. The van der Waals surface area contributed by atoms with E-state index in [1.807, 2.05) is 6.92 Å². The van der Waals surface area contributed by atoms with Gasteiger partial charge in [0.2, 0.25) is 5.91 Å². The molecule has 1 aliphatic heterocycles. The summed E-state index contributed by atoms with van der Waals surface area (Å²) in [6.45, 7) is 5.40. The van der Waals surface area contributed by atoms with Gasteiger partial charge in [-0.3, -0.25) is 14.4 Å². The number of esters is 1. The van der Waals surface area contributed by atoms with Crippen LogP contribution in [0.3, 0.4) is 0 Å². The Morgan fingerprint density at radius 3 is 2.68 bits per heavy atom. The molecule has 2 amide bonds. The average molecular weight is 288 g/mol. The van der Waals surface area contributed by atoms with Crippen LogP contribution in [0, 0.1) is 0 Å². The molecule has 19 heavy (non-hydrogen) atoms.